The van der Waals surface area contributed by atoms with Crippen molar-refractivity contribution in [3.8, 4) is 0 Å². The van der Waals surface area contributed by atoms with E-state index in [0.29, 0.717) is 19.5 Å². The van der Waals surface area contributed by atoms with E-state index < -0.39 is 0 Å². The molecule has 0 saturated carbocycles. The maximum absolute atomic E-state index is 13.2. The molecule has 1 aliphatic heterocycles. The highest BCUT2D eigenvalue weighted by molar-refractivity contribution is 5.76. The number of para-hydroxylation sites is 1. The molecule has 1 aliphatic rings. The summed E-state index contributed by atoms with van der Waals surface area (Å²) in [6.07, 6.45) is 5.55. The Balaban J connectivity index is 1.44. The average molecular weight is 433 g/mol. The zero-order valence-electron chi connectivity index (χ0n) is 18.6. The summed E-state index contributed by atoms with van der Waals surface area (Å²) in [6, 6.07) is 18.9. The van der Waals surface area contributed by atoms with Crippen LogP contribution in [0, 0.1) is 0 Å². The number of hydrogen-bond acceptors (Lipinski definition) is 5. The molecule has 7 heteroatoms. The van der Waals surface area contributed by atoms with Crippen molar-refractivity contribution in [2.45, 2.75) is 38.9 Å². The van der Waals surface area contributed by atoms with E-state index in [4.69, 9.17) is 0 Å². The number of rotatable bonds is 6. The maximum Gasteiger partial charge on any atom is 0.222 e. The van der Waals surface area contributed by atoms with Crippen molar-refractivity contribution in [1.29, 1.82) is 0 Å². The Morgan fingerprint density at radius 3 is 2.69 bits per heavy atom. The summed E-state index contributed by atoms with van der Waals surface area (Å²) < 4.78 is 1.78. The Kier molecular flexibility index (Phi) is 7.87. The molecule has 32 heavy (non-hydrogen) atoms. The van der Waals surface area contributed by atoms with Gasteiger partial charge in [-0.3, -0.25) is 14.4 Å². The zero-order valence-corrected chi connectivity index (χ0v) is 18.6. The predicted molar refractivity (Wildman–Crippen MR) is 126 cm³/mol. The molecule has 1 aromatic heterocycles. The van der Waals surface area contributed by atoms with Crippen LogP contribution in [-0.2, 0) is 24.4 Å². The number of nitrogens with one attached hydrogen (secondary N) is 1. The minimum atomic E-state index is 0.193. The largest absolute Gasteiger partial charge is 0.385 e. The summed E-state index contributed by atoms with van der Waals surface area (Å²) in [6.45, 7) is 5.76. The molecule has 1 N–H and O–H groups in total. The van der Waals surface area contributed by atoms with Crippen LogP contribution in [0.15, 0.2) is 67.3 Å². The van der Waals surface area contributed by atoms with E-state index in [1.165, 1.54) is 17.5 Å². The van der Waals surface area contributed by atoms with Crippen LogP contribution in [-0.4, -0.2) is 56.7 Å². The van der Waals surface area contributed by atoms with E-state index >= 15 is 0 Å². The second-order valence-corrected chi connectivity index (χ2v) is 8.28. The van der Waals surface area contributed by atoms with E-state index in [0.717, 1.165) is 51.3 Å². The molecule has 0 saturated heterocycles. The molecule has 0 fully saturated rings. The number of amides is 1. The molecule has 0 spiro atoms. The van der Waals surface area contributed by atoms with Gasteiger partial charge < -0.3 is 10.2 Å². The van der Waals surface area contributed by atoms with Gasteiger partial charge in [0.25, 0.3) is 0 Å². The van der Waals surface area contributed by atoms with Crippen molar-refractivity contribution in [3.05, 3.63) is 78.4 Å². The number of anilines is 1. The third-order valence-corrected chi connectivity index (χ3v) is 5.88. The topological polar surface area (TPSA) is 66.3 Å². The van der Waals surface area contributed by atoms with Crippen molar-refractivity contribution in [3.63, 3.8) is 0 Å². The monoisotopic (exact) mass is 432 g/mol. The first-order valence-corrected chi connectivity index (χ1v) is 11.5. The van der Waals surface area contributed by atoms with Crippen LogP contribution >= 0.6 is 0 Å². The van der Waals surface area contributed by atoms with Gasteiger partial charge in [0, 0.05) is 57.9 Å². The fourth-order valence-corrected chi connectivity index (χ4v) is 4.13. The number of benzene rings is 2. The van der Waals surface area contributed by atoms with E-state index in [-0.39, 0.29) is 5.91 Å². The van der Waals surface area contributed by atoms with Crippen LogP contribution in [0.25, 0.3) is 0 Å². The summed E-state index contributed by atoms with van der Waals surface area (Å²) in [5, 5.41) is 7.71. The zero-order chi connectivity index (χ0) is 22.0. The first kappa shape index (κ1) is 22.0. The molecular weight excluding hydrogens is 400 g/mol. The highest BCUT2D eigenvalue weighted by Crippen LogP contribution is 2.19. The second kappa shape index (κ2) is 11.4. The fraction of sp³-hybridized carbons (Fsp3) is 0.400. The Morgan fingerprint density at radius 1 is 1.00 bits per heavy atom. The number of fused-ring (bicyclic) bond motifs is 1. The van der Waals surface area contributed by atoms with Gasteiger partial charge in [-0.1, -0.05) is 48.5 Å². The molecule has 0 aliphatic carbocycles. The highest BCUT2D eigenvalue weighted by Gasteiger charge is 2.18. The van der Waals surface area contributed by atoms with Crippen LogP contribution < -0.4 is 5.32 Å². The van der Waals surface area contributed by atoms with Gasteiger partial charge in [0.05, 0.1) is 0 Å². The van der Waals surface area contributed by atoms with Crippen LogP contribution in [0.2, 0.25) is 0 Å². The standard InChI is InChI=1S/C25H32N6O/c32-25(12-6-15-31-21-26-20-28-31)30-17-16-29(18-22-8-2-1-3-9-22)14-7-13-27-24-11-5-4-10-23(24)19-30/h1-5,8-11,20-21,27H,6-7,12-19H2. The summed E-state index contributed by atoms with van der Waals surface area (Å²) in [4.78, 5) is 21.6. The summed E-state index contributed by atoms with van der Waals surface area (Å²) in [5.41, 5.74) is 3.61. The molecule has 2 aromatic carbocycles. The van der Waals surface area contributed by atoms with Gasteiger partial charge in [0.2, 0.25) is 5.91 Å². The molecule has 1 amide bonds. The van der Waals surface area contributed by atoms with E-state index in [1.54, 1.807) is 11.0 Å². The normalized spacial score (nSPS) is 15.4. The molecule has 0 unspecified atom stereocenters. The number of nitrogens with zero attached hydrogens (tertiary/aromatic N) is 5. The minimum absolute atomic E-state index is 0.193. The summed E-state index contributed by atoms with van der Waals surface area (Å²) >= 11 is 0. The van der Waals surface area contributed by atoms with Gasteiger partial charge in [0.1, 0.15) is 12.7 Å². The molecular formula is C25H32N6O. The Labute approximate surface area is 190 Å². The highest BCUT2D eigenvalue weighted by atomic mass is 16.2. The Hall–Kier alpha value is -3.19. The average Bonchev–Trinajstić information content (AvgIpc) is 3.32. The van der Waals surface area contributed by atoms with Crippen LogP contribution in [0.5, 0.6) is 0 Å². The maximum atomic E-state index is 13.2. The van der Waals surface area contributed by atoms with Gasteiger partial charge in [-0.15, -0.1) is 0 Å². The Bertz CT molecular complexity index is 960. The molecule has 168 valence electrons. The third kappa shape index (κ3) is 6.40. The predicted octanol–water partition coefficient (Wildman–Crippen LogP) is 3.40. The molecule has 4 rings (SSSR count). The van der Waals surface area contributed by atoms with E-state index in [9.17, 15) is 4.79 Å². The third-order valence-electron chi connectivity index (χ3n) is 5.88. The molecule has 0 bridgehead atoms. The summed E-state index contributed by atoms with van der Waals surface area (Å²) in [5.74, 6) is 0.193. The van der Waals surface area contributed by atoms with E-state index in [1.807, 2.05) is 4.90 Å². The number of carbonyl (C=O) groups is 1. The van der Waals surface area contributed by atoms with Gasteiger partial charge in [0.15, 0.2) is 0 Å². The lowest BCUT2D eigenvalue weighted by Crippen LogP contribution is -2.38. The van der Waals surface area contributed by atoms with Crippen molar-refractivity contribution >= 4 is 11.6 Å². The van der Waals surface area contributed by atoms with Gasteiger partial charge in [-0.2, -0.15) is 5.10 Å². The van der Waals surface area contributed by atoms with Crippen LogP contribution in [0.4, 0.5) is 5.69 Å². The van der Waals surface area contributed by atoms with Crippen LogP contribution in [0.3, 0.4) is 0 Å². The lowest BCUT2D eigenvalue weighted by Gasteiger charge is -2.28. The molecule has 0 radical (unpaired) electrons. The number of carbonyl (C=O) groups excluding carboxylic acids is 1. The van der Waals surface area contributed by atoms with Gasteiger partial charge >= 0.3 is 0 Å². The number of aromatic nitrogens is 3. The number of aryl methyl sites for hydroxylation is 1. The molecule has 7 nitrogen and oxygen atoms in total. The first-order valence-electron chi connectivity index (χ1n) is 11.5. The van der Waals surface area contributed by atoms with E-state index in [2.05, 4.69) is 74.9 Å². The van der Waals surface area contributed by atoms with Gasteiger partial charge in [-0.05, 0) is 30.0 Å². The lowest BCUT2D eigenvalue weighted by atomic mass is 10.1. The van der Waals surface area contributed by atoms with Gasteiger partial charge in [-0.25, -0.2) is 4.98 Å². The number of hydrogen-bond donors (Lipinski definition) is 1. The first-order chi connectivity index (χ1) is 15.8. The lowest BCUT2D eigenvalue weighted by molar-refractivity contribution is -0.132. The SMILES string of the molecule is O=C(CCCn1cncn1)N1CCN(Cc2ccccc2)CCCNc2ccccc2C1. The quantitative estimate of drug-likeness (QED) is 0.647. The Morgan fingerprint density at radius 2 is 1.84 bits per heavy atom. The smallest absolute Gasteiger partial charge is 0.222 e. The molecule has 3 aromatic rings. The molecule has 0 atom stereocenters. The fourth-order valence-electron chi connectivity index (χ4n) is 4.13. The van der Waals surface area contributed by atoms with Crippen molar-refractivity contribution in [2.75, 3.05) is 31.5 Å². The van der Waals surface area contributed by atoms with Crippen LogP contribution in [0.1, 0.15) is 30.4 Å². The van der Waals surface area contributed by atoms with Crippen molar-refractivity contribution in [1.82, 2.24) is 24.6 Å². The van der Waals surface area contributed by atoms with Crippen molar-refractivity contribution in [2.24, 2.45) is 0 Å². The van der Waals surface area contributed by atoms with Crippen molar-refractivity contribution < 1.29 is 4.79 Å². The summed E-state index contributed by atoms with van der Waals surface area (Å²) in [7, 11) is 0. The second-order valence-electron chi connectivity index (χ2n) is 8.28. The minimum Gasteiger partial charge on any atom is -0.385 e. The molecule has 2 heterocycles.